The molecule has 0 aliphatic heterocycles. The summed E-state index contributed by atoms with van der Waals surface area (Å²) in [4.78, 5) is 0.879. The van der Waals surface area contributed by atoms with Crippen molar-refractivity contribution in [1.82, 2.24) is 19.8 Å². The van der Waals surface area contributed by atoms with Gasteiger partial charge >= 0.3 is 0 Å². The number of hydrogen-bond acceptors (Lipinski definition) is 5. The standard InChI is InChI=1S/C12H19N5S/c1-11(2,12(3,4)13)9-16-17-8(7-5-6-7)14-15-10(17)18-9/h7H,5-6,13H2,1-4H3. The third kappa shape index (κ3) is 1.66. The number of nitrogens with two attached hydrogens (primary N) is 1. The molecule has 1 aliphatic rings. The van der Waals surface area contributed by atoms with E-state index in [1.165, 1.54) is 12.8 Å². The monoisotopic (exact) mass is 265 g/mol. The molecule has 0 radical (unpaired) electrons. The summed E-state index contributed by atoms with van der Waals surface area (Å²) in [5.74, 6) is 1.57. The zero-order valence-corrected chi connectivity index (χ0v) is 12.1. The Morgan fingerprint density at radius 2 is 1.89 bits per heavy atom. The Hall–Kier alpha value is -1.01. The first-order valence-corrected chi connectivity index (χ1v) is 7.14. The summed E-state index contributed by atoms with van der Waals surface area (Å²) in [5.41, 5.74) is 5.76. The lowest BCUT2D eigenvalue weighted by molar-refractivity contribution is 0.303. The number of rotatable bonds is 3. The highest BCUT2D eigenvalue weighted by molar-refractivity contribution is 7.16. The Kier molecular flexibility index (Phi) is 2.35. The maximum absolute atomic E-state index is 6.27. The largest absolute Gasteiger partial charge is 0.325 e. The van der Waals surface area contributed by atoms with Gasteiger partial charge in [-0.2, -0.15) is 9.61 Å². The van der Waals surface area contributed by atoms with Crippen molar-refractivity contribution in [3.05, 3.63) is 10.8 Å². The Morgan fingerprint density at radius 1 is 1.22 bits per heavy atom. The normalized spacial score (nSPS) is 17.6. The number of aromatic nitrogens is 4. The van der Waals surface area contributed by atoms with Crippen LogP contribution in [-0.2, 0) is 5.41 Å². The van der Waals surface area contributed by atoms with Crippen molar-refractivity contribution < 1.29 is 0 Å². The van der Waals surface area contributed by atoms with Crippen LogP contribution in [-0.4, -0.2) is 25.4 Å². The van der Waals surface area contributed by atoms with Crippen LogP contribution in [0, 0.1) is 0 Å². The third-order valence-electron chi connectivity index (χ3n) is 4.10. The van der Waals surface area contributed by atoms with Gasteiger partial charge in [-0.1, -0.05) is 25.2 Å². The van der Waals surface area contributed by atoms with Crippen LogP contribution >= 0.6 is 11.3 Å². The molecule has 5 nitrogen and oxygen atoms in total. The molecule has 0 aromatic carbocycles. The highest BCUT2D eigenvalue weighted by Gasteiger charge is 2.39. The smallest absolute Gasteiger partial charge is 0.234 e. The van der Waals surface area contributed by atoms with E-state index in [4.69, 9.17) is 10.8 Å². The van der Waals surface area contributed by atoms with Gasteiger partial charge in [0.25, 0.3) is 0 Å². The van der Waals surface area contributed by atoms with Crippen LogP contribution in [0.2, 0.25) is 0 Å². The van der Waals surface area contributed by atoms with E-state index < -0.39 is 0 Å². The Morgan fingerprint density at radius 3 is 2.44 bits per heavy atom. The predicted octanol–water partition coefficient (Wildman–Crippen LogP) is 2.08. The first-order valence-electron chi connectivity index (χ1n) is 6.32. The van der Waals surface area contributed by atoms with E-state index in [0.29, 0.717) is 5.92 Å². The average Bonchev–Trinajstić information content (AvgIpc) is 2.87. The second kappa shape index (κ2) is 3.51. The van der Waals surface area contributed by atoms with Crippen molar-refractivity contribution in [1.29, 1.82) is 0 Å². The third-order valence-corrected chi connectivity index (χ3v) is 5.33. The zero-order valence-electron chi connectivity index (χ0n) is 11.3. The van der Waals surface area contributed by atoms with Crippen molar-refractivity contribution in [2.45, 2.75) is 57.4 Å². The second-order valence-corrected chi connectivity index (χ2v) is 7.24. The fourth-order valence-corrected chi connectivity index (χ4v) is 2.87. The van der Waals surface area contributed by atoms with E-state index in [0.717, 1.165) is 15.8 Å². The number of hydrogen-bond donors (Lipinski definition) is 1. The van der Waals surface area contributed by atoms with Gasteiger partial charge in [0.2, 0.25) is 4.96 Å². The quantitative estimate of drug-likeness (QED) is 0.922. The van der Waals surface area contributed by atoms with E-state index in [9.17, 15) is 0 Å². The fraction of sp³-hybridized carbons (Fsp3) is 0.750. The molecule has 1 saturated carbocycles. The molecule has 2 aromatic heterocycles. The van der Waals surface area contributed by atoms with Gasteiger partial charge in [0, 0.05) is 16.9 Å². The highest BCUT2D eigenvalue weighted by Crippen LogP contribution is 2.41. The van der Waals surface area contributed by atoms with Crippen molar-refractivity contribution in [3.63, 3.8) is 0 Å². The molecule has 1 aliphatic carbocycles. The topological polar surface area (TPSA) is 69.1 Å². The lowest BCUT2D eigenvalue weighted by Crippen LogP contribution is -2.50. The minimum atomic E-state index is -0.323. The molecule has 2 heterocycles. The molecule has 2 aromatic rings. The van der Waals surface area contributed by atoms with Crippen LogP contribution in [0.3, 0.4) is 0 Å². The lowest BCUT2D eigenvalue weighted by Gasteiger charge is -2.36. The average molecular weight is 265 g/mol. The first-order chi connectivity index (χ1) is 8.30. The van der Waals surface area contributed by atoms with Crippen molar-refractivity contribution in [3.8, 4) is 0 Å². The van der Waals surface area contributed by atoms with E-state index >= 15 is 0 Å². The van der Waals surface area contributed by atoms with Gasteiger partial charge in [0.1, 0.15) is 5.01 Å². The Bertz CT molecular complexity index is 585. The molecule has 98 valence electrons. The van der Waals surface area contributed by atoms with Gasteiger partial charge in [-0.3, -0.25) is 0 Å². The van der Waals surface area contributed by atoms with E-state index in [1.807, 2.05) is 18.4 Å². The lowest BCUT2D eigenvalue weighted by atomic mass is 9.76. The summed E-state index contributed by atoms with van der Waals surface area (Å²) in [5, 5.41) is 14.2. The Balaban J connectivity index is 2.08. The van der Waals surface area contributed by atoms with Gasteiger partial charge in [0.05, 0.1) is 0 Å². The molecule has 6 heteroatoms. The van der Waals surface area contributed by atoms with E-state index in [1.54, 1.807) is 11.3 Å². The molecule has 3 rings (SSSR count). The summed E-state index contributed by atoms with van der Waals surface area (Å²) in [6, 6.07) is 0. The van der Waals surface area contributed by atoms with Gasteiger partial charge in [-0.05, 0) is 26.7 Å². The SMILES string of the molecule is CC(C)(N)C(C)(C)c1nn2c(C3CC3)nnc2s1. The molecule has 2 N–H and O–H groups in total. The van der Waals surface area contributed by atoms with Gasteiger partial charge in [-0.25, -0.2) is 0 Å². The highest BCUT2D eigenvalue weighted by atomic mass is 32.1. The van der Waals surface area contributed by atoms with E-state index in [-0.39, 0.29) is 11.0 Å². The first kappa shape index (κ1) is 12.0. The summed E-state index contributed by atoms with van der Waals surface area (Å²) in [6.07, 6.45) is 2.42. The number of fused-ring (bicyclic) bond motifs is 1. The fourth-order valence-electron chi connectivity index (χ4n) is 1.76. The predicted molar refractivity (Wildman–Crippen MR) is 71.9 cm³/mol. The van der Waals surface area contributed by atoms with Crippen LogP contribution in [0.15, 0.2) is 0 Å². The molecule has 0 unspecified atom stereocenters. The summed E-state index contributed by atoms with van der Waals surface area (Å²) in [6.45, 7) is 8.35. The van der Waals surface area contributed by atoms with Crippen molar-refractivity contribution in [2.75, 3.05) is 0 Å². The molecule has 0 bridgehead atoms. The Labute approximate surface area is 110 Å². The maximum atomic E-state index is 6.27. The molecular weight excluding hydrogens is 246 g/mol. The van der Waals surface area contributed by atoms with Crippen LogP contribution in [0.5, 0.6) is 0 Å². The van der Waals surface area contributed by atoms with Crippen LogP contribution in [0.25, 0.3) is 4.96 Å². The molecule has 18 heavy (non-hydrogen) atoms. The van der Waals surface area contributed by atoms with Gasteiger partial charge in [0.15, 0.2) is 5.82 Å². The van der Waals surface area contributed by atoms with Crippen molar-refractivity contribution >= 4 is 16.3 Å². The number of nitrogens with zero attached hydrogens (tertiary/aromatic N) is 4. The summed E-state index contributed by atoms with van der Waals surface area (Å²) in [7, 11) is 0. The van der Waals surface area contributed by atoms with Gasteiger partial charge < -0.3 is 5.73 Å². The van der Waals surface area contributed by atoms with E-state index in [2.05, 4.69) is 24.0 Å². The summed E-state index contributed by atoms with van der Waals surface area (Å²) < 4.78 is 1.91. The molecule has 0 spiro atoms. The van der Waals surface area contributed by atoms with Crippen LogP contribution < -0.4 is 5.73 Å². The molecule has 0 saturated heterocycles. The van der Waals surface area contributed by atoms with Crippen LogP contribution in [0.4, 0.5) is 0 Å². The van der Waals surface area contributed by atoms with Crippen molar-refractivity contribution in [2.24, 2.45) is 5.73 Å². The molecule has 0 amide bonds. The second-order valence-electron chi connectivity index (χ2n) is 6.28. The zero-order chi connectivity index (χ0) is 13.1. The summed E-state index contributed by atoms with van der Waals surface area (Å²) >= 11 is 1.60. The molecule has 0 atom stereocenters. The minimum Gasteiger partial charge on any atom is -0.325 e. The minimum absolute atomic E-state index is 0.181. The molecule has 1 fully saturated rings. The van der Waals surface area contributed by atoms with Crippen LogP contribution in [0.1, 0.15) is 57.3 Å². The maximum Gasteiger partial charge on any atom is 0.234 e. The molecular formula is C12H19N5S. The van der Waals surface area contributed by atoms with Gasteiger partial charge in [-0.15, -0.1) is 10.2 Å².